The number of nitrogens with two attached hydrogens (primary N) is 2. The molecule has 0 aliphatic heterocycles. The molecular weight excluding hydrogens is 237 g/mol. The summed E-state index contributed by atoms with van der Waals surface area (Å²) in [4.78, 5) is 0. The van der Waals surface area contributed by atoms with Crippen LogP contribution in [0.1, 0.15) is 5.56 Å². The van der Waals surface area contributed by atoms with E-state index in [0.29, 0.717) is 0 Å². The number of alkyl halides is 2. The lowest BCUT2D eigenvalue weighted by Gasteiger charge is -2.04. The Hall–Kier alpha value is -2.25. The molecule has 0 fully saturated rings. The van der Waals surface area contributed by atoms with Crippen molar-refractivity contribution >= 4 is 12.2 Å². The third-order valence-electron chi connectivity index (χ3n) is 1.57. The Labute approximate surface area is 94.6 Å². The van der Waals surface area contributed by atoms with Crippen molar-refractivity contribution in [3.8, 4) is 5.75 Å². The van der Waals surface area contributed by atoms with Crippen LogP contribution in [0, 0.1) is 5.82 Å². The van der Waals surface area contributed by atoms with Crippen molar-refractivity contribution in [1.82, 2.24) is 0 Å². The summed E-state index contributed by atoms with van der Waals surface area (Å²) in [6, 6.07) is 3.19. The van der Waals surface area contributed by atoms with Crippen LogP contribution in [0.2, 0.25) is 0 Å². The molecule has 4 N–H and O–H groups in total. The van der Waals surface area contributed by atoms with Crippen LogP contribution in [0.5, 0.6) is 5.75 Å². The zero-order chi connectivity index (χ0) is 12.8. The van der Waals surface area contributed by atoms with E-state index in [1.807, 2.05) is 0 Å². The normalized spacial score (nSPS) is 10.8. The largest absolute Gasteiger partial charge is 0.435 e. The van der Waals surface area contributed by atoms with E-state index in [2.05, 4.69) is 14.9 Å². The predicted molar refractivity (Wildman–Crippen MR) is 56.4 cm³/mol. The summed E-state index contributed by atoms with van der Waals surface area (Å²) in [5.41, 5.74) is 10.0. The quantitative estimate of drug-likeness (QED) is 0.472. The fourth-order valence-corrected chi connectivity index (χ4v) is 0.946. The molecule has 5 nitrogen and oxygen atoms in total. The molecule has 0 saturated carbocycles. The Balaban J connectivity index is 2.83. The second-order valence-electron chi connectivity index (χ2n) is 2.83. The Morgan fingerprint density at radius 3 is 2.59 bits per heavy atom. The van der Waals surface area contributed by atoms with Gasteiger partial charge in [-0.05, 0) is 12.1 Å². The number of nitrogens with zero attached hydrogens (tertiary/aromatic N) is 2. The summed E-state index contributed by atoms with van der Waals surface area (Å²) >= 11 is 0. The molecule has 0 atom stereocenters. The van der Waals surface area contributed by atoms with Gasteiger partial charge in [0.15, 0.2) is 0 Å². The highest BCUT2D eigenvalue weighted by Crippen LogP contribution is 2.17. The van der Waals surface area contributed by atoms with Crippen molar-refractivity contribution in [2.75, 3.05) is 0 Å². The van der Waals surface area contributed by atoms with Gasteiger partial charge in [0.1, 0.15) is 11.6 Å². The smallest absolute Gasteiger partial charge is 0.387 e. The summed E-state index contributed by atoms with van der Waals surface area (Å²) in [6.07, 6.45) is 1.04. The molecule has 0 aliphatic carbocycles. The molecule has 0 saturated heterocycles. The van der Waals surface area contributed by atoms with Crippen LogP contribution >= 0.6 is 0 Å². The van der Waals surface area contributed by atoms with Gasteiger partial charge in [-0.1, -0.05) is 0 Å². The third kappa shape index (κ3) is 4.41. The summed E-state index contributed by atoms with van der Waals surface area (Å²) in [7, 11) is 0. The van der Waals surface area contributed by atoms with E-state index in [4.69, 9.17) is 11.5 Å². The van der Waals surface area contributed by atoms with Gasteiger partial charge in [0.25, 0.3) is 0 Å². The Bertz CT molecular complexity index is 444. The molecule has 0 aliphatic rings. The molecule has 92 valence electrons. The third-order valence-corrected chi connectivity index (χ3v) is 1.57. The average molecular weight is 246 g/mol. The SMILES string of the molecule is NC(N)=NN=Cc1ccc(OC(F)F)cc1F. The number of benzene rings is 1. The highest BCUT2D eigenvalue weighted by Gasteiger charge is 2.07. The zero-order valence-corrected chi connectivity index (χ0v) is 8.48. The van der Waals surface area contributed by atoms with Crippen molar-refractivity contribution < 1.29 is 17.9 Å². The first-order chi connectivity index (χ1) is 7.99. The summed E-state index contributed by atoms with van der Waals surface area (Å²) in [5.74, 6) is -1.34. The number of rotatable bonds is 4. The molecule has 17 heavy (non-hydrogen) atoms. The van der Waals surface area contributed by atoms with Crippen LogP contribution < -0.4 is 16.2 Å². The lowest BCUT2D eigenvalue weighted by Crippen LogP contribution is -2.21. The van der Waals surface area contributed by atoms with E-state index in [1.54, 1.807) is 0 Å². The van der Waals surface area contributed by atoms with Crippen LogP contribution in [-0.2, 0) is 0 Å². The molecule has 0 spiro atoms. The number of hydrogen-bond donors (Lipinski definition) is 2. The maximum atomic E-state index is 13.3. The van der Waals surface area contributed by atoms with Crippen LogP contribution in [0.3, 0.4) is 0 Å². The minimum atomic E-state index is -3.00. The number of guanidine groups is 1. The van der Waals surface area contributed by atoms with E-state index < -0.39 is 12.4 Å². The molecule has 0 amide bonds. The molecule has 8 heteroatoms. The fourth-order valence-electron chi connectivity index (χ4n) is 0.946. The van der Waals surface area contributed by atoms with Gasteiger partial charge in [0.2, 0.25) is 5.96 Å². The first kappa shape index (κ1) is 12.8. The van der Waals surface area contributed by atoms with Gasteiger partial charge < -0.3 is 16.2 Å². The minimum Gasteiger partial charge on any atom is -0.435 e. The van der Waals surface area contributed by atoms with Crippen molar-refractivity contribution in [2.24, 2.45) is 21.7 Å². The Kier molecular flexibility index (Phi) is 4.32. The molecule has 1 aromatic carbocycles. The minimum absolute atomic E-state index is 0.0385. The van der Waals surface area contributed by atoms with Crippen molar-refractivity contribution in [3.63, 3.8) is 0 Å². The lowest BCUT2D eigenvalue weighted by molar-refractivity contribution is -0.0499. The zero-order valence-electron chi connectivity index (χ0n) is 8.48. The van der Waals surface area contributed by atoms with Gasteiger partial charge in [-0.3, -0.25) is 0 Å². The van der Waals surface area contributed by atoms with Crippen LogP contribution in [-0.4, -0.2) is 18.8 Å². The number of ether oxygens (including phenoxy) is 1. The molecule has 0 aromatic heterocycles. The molecular formula is C9H9F3N4O. The van der Waals surface area contributed by atoms with Gasteiger partial charge >= 0.3 is 6.61 Å². The van der Waals surface area contributed by atoms with E-state index >= 15 is 0 Å². The molecule has 1 aromatic rings. The maximum Gasteiger partial charge on any atom is 0.387 e. The maximum absolute atomic E-state index is 13.3. The second-order valence-corrected chi connectivity index (χ2v) is 2.83. The molecule has 0 bridgehead atoms. The van der Waals surface area contributed by atoms with Crippen molar-refractivity contribution in [1.29, 1.82) is 0 Å². The molecule has 1 rings (SSSR count). The number of halogens is 3. The highest BCUT2D eigenvalue weighted by molar-refractivity contribution is 5.82. The van der Waals surface area contributed by atoms with Crippen molar-refractivity contribution in [3.05, 3.63) is 29.6 Å². The topological polar surface area (TPSA) is 86.0 Å². The van der Waals surface area contributed by atoms with E-state index in [1.165, 1.54) is 12.1 Å². The van der Waals surface area contributed by atoms with Gasteiger partial charge in [-0.2, -0.15) is 13.9 Å². The molecule has 0 heterocycles. The average Bonchev–Trinajstić information content (AvgIpc) is 2.20. The first-order valence-electron chi connectivity index (χ1n) is 4.35. The van der Waals surface area contributed by atoms with E-state index in [0.717, 1.165) is 12.3 Å². The highest BCUT2D eigenvalue weighted by atomic mass is 19.3. The van der Waals surface area contributed by atoms with Gasteiger partial charge in [-0.25, -0.2) is 4.39 Å². The number of hydrogen-bond acceptors (Lipinski definition) is 3. The fraction of sp³-hybridized carbons (Fsp3) is 0.111. The van der Waals surface area contributed by atoms with Crippen LogP contribution in [0.4, 0.5) is 13.2 Å². The first-order valence-corrected chi connectivity index (χ1v) is 4.35. The second kappa shape index (κ2) is 5.73. The lowest BCUT2D eigenvalue weighted by atomic mass is 10.2. The van der Waals surface area contributed by atoms with E-state index in [-0.39, 0.29) is 17.3 Å². The standard InChI is InChI=1S/C9H9F3N4O/c10-7-3-6(17-8(11)12)2-1-5(7)4-15-16-9(13)14/h1-4,8H,(H4,13,14,16). The van der Waals surface area contributed by atoms with Crippen molar-refractivity contribution in [2.45, 2.75) is 6.61 Å². The Morgan fingerprint density at radius 2 is 2.06 bits per heavy atom. The summed E-state index contributed by atoms with van der Waals surface area (Å²) in [6.45, 7) is -3.00. The van der Waals surface area contributed by atoms with Crippen LogP contribution in [0.25, 0.3) is 0 Å². The monoisotopic (exact) mass is 246 g/mol. The Morgan fingerprint density at radius 1 is 1.35 bits per heavy atom. The van der Waals surface area contributed by atoms with Gasteiger partial charge in [-0.15, -0.1) is 5.10 Å². The van der Waals surface area contributed by atoms with Crippen LogP contribution in [0.15, 0.2) is 28.4 Å². The summed E-state index contributed by atoms with van der Waals surface area (Å²) in [5, 5.41) is 6.63. The molecule has 0 unspecified atom stereocenters. The summed E-state index contributed by atoms with van der Waals surface area (Å²) < 4.78 is 41.0. The van der Waals surface area contributed by atoms with E-state index in [9.17, 15) is 13.2 Å². The predicted octanol–water partition coefficient (Wildman–Crippen LogP) is 1.03. The molecule has 0 radical (unpaired) electrons. The van der Waals surface area contributed by atoms with Gasteiger partial charge in [0, 0.05) is 11.6 Å². The van der Waals surface area contributed by atoms with Gasteiger partial charge in [0.05, 0.1) is 6.21 Å².